The van der Waals surface area contributed by atoms with Gasteiger partial charge in [-0.2, -0.15) is 0 Å². The Morgan fingerprint density at radius 3 is 1.53 bits per heavy atom. The van der Waals surface area contributed by atoms with Crippen LogP contribution in [0, 0.1) is 5.92 Å². The molecule has 0 radical (unpaired) electrons. The van der Waals surface area contributed by atoms with E-state index in [1.165, 1.54) is 103 Å². The first-order chi connectivity index (χ1) is 15.0. The van der Waals surface area contributed by atoms with Gasteiger partial charge in [-0.05, 0) is 19.3 Å². The fraction of sp³-hybridized carbons (Fsp3) is 0.923. The van der Waals surface area contributed by atoms with Gasteiger partial charge in [0, 0.05) is 5.92 Å². The number of hydrogen-bond acceptors (Lipinski definition) is 4. The number of rotatable bonds is 24. The average Bonchev–Trinajstić information content (AvgIpc) is 2.73. The van der Waals surface area contributed by atoms with Crippen molar-refractivity contribution in [1.82, 2.24) is 0 Å². The first-order valence-electron chi connectivity index (χ1n) is 13.3. The standard InChI is InChI=1S/C26H52O4S.K/c1-3-5-7-9-10-11-12-13-14-15-16-17-18-19-20-22-24-26(23-21-8-6-4-2)25-30-31(27,28)29;/h22,24,26H,3-21,23,25H2,1-2H3,(H,27,28,29);/q;+1/p-1/b24-22+;. The maximum Gasteiger partial charge on any atom is 1.00 e. The molecule has 0 amide bonds. The van der Waals surface area contributed by atoms with Gasteiger partial charge in [-0.25, -0.2) is 8.42 Å². The Hall–Kier alpha value is 1.25. The molecule has 1 unspecified atom stereocenters. The minimum atomic E-state index is -4.60. The van der Waals surface area contributed by atoms with Crippen LogP contribution in [0.3, 0.4) is 0 Å². The first kappa shape index (κ1) is 35.4. The molecule has 0 N–H and O–H groups in total. The summed E-state index contributed by atoms with van der Waals surface area (Å²) in [6, 6.07) is 0. The minimum Gasteiger partial charge on any atom is -0.726 e. The fourth-order valence-electron chi connectivity index (χ4n) is 3.98. The van der Waals surface area contributed by atoms with E-state index in [0.29, 0.717) is 0 Å². The van der Waals surface area contributed by atoms with Gasteiger partial charge in [-0.15, -0.1) is 0 Å². The van der Waals surface area contributed by atoms with Gasteiger partial charge in [0.05, 0.1) is 6.61 Å². The zero-order valence-electron chi connectivity index (χ0n) is 21.6. The second-order valence-corrected chi connectivity index (χ2v) is 10.2. The van der Waals surface area contributed by atoms with E-state index in [0.717, 1.165) is 25.7 Å². The van der Waals surface area contributed by atoms with Gasteiger partial charge in [0.2, 0.25) is 10.4 Å². The smallest absolute Gasteiger partial charge is 0.726 e. The summed E-state index contributed by atoms with van der Waals surface area (Å²) in [5.41, 5.74) is 0. The third kappa shape index (κ3) is 29.3. The minimum absolute atomic E-state index is 0. The van der Waals surface area contributed by atoms with Crippen molar-refractivity contribution in [3.05, 3.63) is 12.2 Å². The van der Waals surface area contributed by atoms with Gasteiger partial charge in [0.1, 0.15) is 0 Å². The Balaban J connectivity index is 0. The number of unbranched alkanes of at least 4 members (excludes halogenated alkanes) is 17. The molecule has 0 bridgehead atoms. The summed E-state index contributed by atoms with van der Waals surface area (Å²) in [7, 11) is -4.60. The molecular weight excluding hydrogens is 447 g/mol. The second-order valence-electron chi connectivity index (χ2n) is 9.12. The molecular formula is C26H51KO4S. The molecule has 0 fully saturated rings. The zero-order valence-corrected chi connectivity index (χ0v) is 25.6. The van der Waals surface area contributed by atoms with E-state index in [2.05, 4.69) is 30.2 Å². The van der Waals surface area contributed by atoms with Crippen LogP contribution in [0.25, 0.3) is 0 Å². The maximum atomic E-state index is 10.7. The van der Waals surface area contributed by atoms with E-state index in [9.17, 15) is 13.0 Å². The molecule has 0 aromatic carbocycles. The molecule has 0 saturated carbocycles. The van der Waals surface area contributed by atoms with Crippen LogP contribution in [0.4, 0.5) is 0 Å². The van der Waals surface area contributed by atoms with Crippen LogP contribution >= 0.6 is 0 Å². The molecule has 0 aliphatic rings. The van der Waals surface area contributed by atoms with Crippen molar-refractivity contribution in [2.45, 2.75) is 142 Å². The van der Waals surface area contributed by atoms with Crippen LogP contribution in [0.5, 0.6) is 0 Å². The second kappa shape index (κ2) is 26.8. The van der Waals surface area contributed by atoms with Gasteiger partial charge < -0.3 is 4.55 Å². The maximum absolute atomic E-state index is 10.7. The van der Waals surface area contributed by atoms with Gasteiger partial charge in [-0.1, -0.05) is 135 Å². The summed E-state index contributed by atoms with van der Waals surface area (Å²) in [5.74, 6) is 0.0206. The van der Waals surface area contributed by atoms with Gasteiger partial charge >= 0.3 is 51.4 Å². The molecule has 32 heavy (non-hydrogen) atoms. The molecule has 0 spiro atoms. The first-order valence-corrected chi connectivity index (χ1v) is 14.6. The van der Waals surface area contributed by atoms with Gasteiger partial charge in [0.15, 0.2) is 0 Å². The Morgan fingerprint density at radius 2 is 1.09 bits per heavy atom. The van der Waals surface area contributed by atoms with Crippen molar-refractivity contribution in [2.24, 2.45) is 5.92 Å². The molecule has 4 nitrogen and oxygen atoms in total. The number of allylic oxidation sites excluding steroid dienone is 1. The topological polar surface area (TPSA) is 66.4 Å². The molecule has 0 aliphatic heterocycles. The van der Waals surface area contributed by atoms with Crippen molar-refractivity contribution >= 4 is 10.4 Å². The predicted molar refractivity (Wildman–Crippen MR) is 132 cm³/mol. The number of hydrogen-bond donors (Lipinski definition) is 0. The van der Waals surface area contributed by atoms with E-state index < -0.39 is 10.4 Å². The van der Waals surface area contributed by atoms with E-state index in [1.54, 1.807) is 0 Å². The SMILES string of the molecule is CCCCCCCCCCCCCCCC/C=C/C(CCCCCC)COS(=O)(=O)[O-].[K+]. The molecule has 0 heterocycles. The largest absolute Gasteiger partial charge is 1.00 e. The summed E-state index contributed by atoms with van der Waals surface area (Å²) in [4.78, 5) is 0. The van der Waals surface area contributed by atoms with E-state index in [1.807, 2.05) is 0 Å². The molecule has 0 aromatic rings. The van der Waals surface area contributed by atoms with Crippen LogP contribution in [-0.4, -0.2) is 19.6 Å². The van der Waals surface area contributed by atoms with Crippen molar-refractivity contribution < 1.29 is 68.5 Å². The average molecular weight is 499 g/mol. The van der Waals surface area contributed by atoms with E-state index in [-0.39, 0.29) is 63.9 Å². The van der Waals surface area contributed by atoms with Crippen molar-refractivity contribution in [3.63, 3.8) is 0 Å². The van der Waals surface area contributed by atoms with Crippen LogP contribution < -0.4 is 51.4 Å². The Morgan fingerprint density at radius 1 is 0.688 bits per heavy atom. The zero-order chi connectivity index (χ0) is 23.0. The van der Waals surface area contributed by atoms with Crippen LogP contribution in [0.2, 0.25) is 0 Å². The Kier molecular flexibility index (Phi) is 29.7. The molecule has 0 aliphatic carbocycles. The van der Waals surface area contributed by atoms with E-state index in [4.69, 9.17) is 0 Å². The third-order valence-electron chi connectivity index (χ3n) is 5.99. The molecule has 0 aromatic heterocycles. The van der Waals surface area contributed by atoms with E-state index >= 15 is 0 Å². The van der Waals surface area contributed by atoms with Crippen LogP contribution in [0.15, 0.2) is 12.2 Å². The summed E-state index contributed by atoms with van der Waals surface area (Å²) in [5, 5.41) is 0. The molecule has 6 heteroatoms. The van der Waals surface area contributed by atoms with Gasteiger partial charge in [0.25, 0.3) is 0 Å². The summed E-state index contributed by atoms with van der Waals surface area (Å²) in [6.45, 7) is 4.42. The summed E-state index contributed by atoms with van der Waals surface area (Å²) >= 11 is 0. The summed E-state index contributed by atoms with van der Waals surface area (Å²) < 4.78 is 36.7. The molecule has 0 rings (SSSR count). The Bertz CT molecular complexity index is 494. The molecule has 1 atom stereocenters. The van der Waals surface area contributed by atoms with Crippen molar-refractivity contribution in [3.8, 4) is 0 Å². The van der Waals surface area contributed by atoms with Crippen molar-refractivity contribution in [2.75, 3.05) is 6.61 Å². The molecule has 0 saturated heterocycles. The molecule has 186 valence electrons. The Labute approximate surface area is 243 Å². The summed E-state index contributed by atoms with van der Waals surface area (Å²) in [6.07, 6.45) is 29.7. The monoisotopic (exact) mass is 498 g/mol. The third-order valence-corrected chi connectivity index (χ3v) is 6.41. The normalized spacial score (nSPS) is 12.8. The fourth-order valence-corrected chi connectivity index (χ4v) is 4.33. The van der Waals surface area contributed by atoms with Crippen LogP contribution in [-0.2, 0) is 14.6 Å². The van der Waals surface area contributed by atoms with Crippen molar-refractivity contribution in [1.29, 1.82) is 0 Å². The quantitative estimate of drug-likeness (QED) is 0.0581. The van der Waals surface area contributed by atoms with Crippen LogP contribution in [0.1, 0.15) is 142 Å². The predicted octanol–water partition coefficient (Wildman–Crippen LogP) is 5.48. The van der Waals surface area contributed by atoms with Gasteiger partial charge in [-0.3, -0.25) is 4.18 Å².